The number of likely N-dealkylation sites (tertiary alicyclic amines) is 1. The van der Waals surface area contributed by atoms with Crippen LogP contribution in [0.25, 0.3) is 10.9 Å². The van der Waals surface area contributed by atoms with Gasteiger partial charge in [0, 0.05) is 42.6 Å². The second-order valence-electron chi connectivity index (χ2n) is 6.36. The van der Waals surface area contributed by atoms with Crippen LogP contribution >= 0.6 is 0 Å². The van der Waals surface area contributed by atoms with Crippen molar-refractivity contribution < 1.29 is 0 Å². The number of aromatic nitrogens is 1. The molecule has 3 rings (SSSR count). The third-order valence-electron chi connectivity index (χ3n) is 4.37. The van der Waals surface area contributed by atoms with Crippen molar-refractivity contribution in [2.24, 2.45) is 5.92 Å². The number of hydrogen-bond acceptors (Lipinski definition) is 4. The Bertz CT molecular complexity index is 653. The summed E-state index contributed by atoms with van der Waals surface area (Å²) in [5, 5.41) is 1.15. The number of benzene rings is 1. The first-order chi connectivity index (χ1) is 10.0. The highest BCUT2D eigenvalue weighted by molar-refractivity contribution is 5.93. The molecule has 0 saturated carbocycles. The number of fused-ring (bicyclic) bond motifs is 1. The van der Waals surface area contributed by atoms with Crippen LogP contribution in [0.4, 0.5) is 11.4 Å². The molecule has 0 bridgehead atoms. The molecule has 1 atom stereocenters. The van der Waals surface area contributed by atoms with Gasteiger partial charge >= 0.3 is 0 Å². The van der Waals surface area contributed by atoms with Gasteiger partial charge in [0.05, 0.1) is 5.52 Å². The van der Waals surface area contributed by atoms with E-state index in [1.807, 2.05) is 18.2 Å². The number of rotatable bonds is 3. The number of pyridine rings is 1. The van der Waals surface area contributed by atoms with E-state index in [0.29, 0.717) is 0 Å². The van der Waals surface area contributed by atoms with Crippen molar-refractivity contribution in [1.82, 2.24) is 9.88 Å². The van der Waals surface area contributed by atoms with E-state index >= 15 is 0 Å². The zero-order valence-corrected chi connectivity index (χ0v) is 13.1. The van der Waals surface area contributed by atoms with E-state index in [1.165, 1.54) is 25.2 Å². The average molecular weight is 284 g/mol. The summed E-state index contributed by atoms with van der Waals surface area (Å²) >= 11 is 0. The summed E-state index contributed by atoms with van der Waals surface area (Å²) in [7, 11) is 4.38. The molecule has 1 unspecified atom stereocenters. The van der Waals surface area contributed by atoms with E-state index in [-0.39, 0.29) is 0 Å². The highest BCUT2D eigenvalue weighted by Gasteiger charge is 2.21. The van der Waals surface area contributed by atoms with Gasteiger partial charge in [-0.05, 0) is 57.1 Å². The van der Waals surface area contributed by atoms with Crippen LogP contribution in [-0.4, -0.2) is 43.6 Å². The largest absolute Gasteiger partial charge is 0.399 e. The molecule has 0 amide bonds. The Morgan fingerprint density at radius 1 is 1.38 bits per heavy atom. The van der Waals surface area contributed by atoms with Gasteiger partial charge in [-0.1, -0.05) is 0 Å². The van der Waals surface area contributed by atoms with Crippen LogP contribution in [0.5, 0.6) is 0 Å². The lowest BCUT2D eigenvalue weighted by Crippen LogP contribution is -2.27. The SMILES string of the molecule is Cc1cc(N(C)CC2CCN(C)C2)c2cc(N)ccc2n1. The molecule has 1 fully saturated rings. The third-order valence-corrected chi connectivity index (χ3v) is 4.37. The van der Waals surface area contributed by atoms with Gasteiger partial charge in [-0.15, -0.1) is 0 Å². The molecular formula is C17H24N4. The van der Waals surface area contributed by atoms with Crippen molar-refractivity contribution in [3.05, 3.63) is 30.0 Å². The molecule has 1 aliphatic heterocycles. The van der Waals surface area contributed by atoms with Crippen LogP contribution in [0, 0.1) is 12.8 Å². The van der Waals surface area contributed by atoms with Crippen molar-refractivity contribution in [3.8, 4) is 0 Å². The molecule has 4 nitrogen and oxygen atoms in total. The molecule has 4 heteroatoms. The third kappa shape index (κ3) is 2.95. The van der Waals surface area contributed by atoms with E-state index in [0.717, 1.165) is 34.7 Å². The van der Waals surface area contributed by atoms with E-state index in [9.17, 15) is 0 Å². The lowest BCUT2D eigenvalue weighted by atomic mass is 10.1. The Labute approximate surface area is 126 Å². The van der Waals surface area contributed by atoms with Gasteiger partial charge in [0.15, 0.2) is 0 Å². The van der Waals surface area contributed by atoms with E-state index in [1.54, 1.807) is 0 Å². The van der Waals surface area contributed by atoms with Gasteiger partial charge < -0.3 is 15.5 Å². The Morgan fingerprint density at radius 2 is 2.19 bits per heavy atom. The minimum Gasteiger partial charge on any atom is -0.399 e. The summed E-state index contributed by atoms with van der Waals surface area (Å²) in [6, 6.07) is 8.14. The maximum atomic E-state index is 5.96. The maximum Gasteiger partial charge on any atom is 0.0727 e. The van der Waals surface area contributed by atoms with Crippen molar-refractivity contribution in [3.63, 3.8) is 0 Å². The van der Waals surface area contributed by atoms with Crippen molar-refractivity contribution in [1.29, 1.82) is 0 Å². The molecule has 2 N–H and O–H groups in total. The molecule has 1 aromatic carbocycles. The monoisotopic (exact) mass is 284 g/mol. The Balaban J connectivity index is 1.92. The van der Waals surface area contributed by atoms with Crippen molar-refractivity contribution in [2.45, 2.75) is 13.3 Å². The second-order valence-corrected chi connectivity index (χ2v) is 6.36. The van der Waals surface area contributed by atoms with Gasteiger partial charge in [0.25, 0.3) is 0 Å². The molecule has 0 radical (unpaired) electrons. The molecule has 0 spiro atoms. The van der Waals surface area contributed by atoms with Gasteiger partial charge in [0.2, 0.25) is 0 Å². The summed E-state index contributed by atoms with van der Waals surface area (Å²) in [6.45, 7) is 5.53. The fourth-order valence-electron chi connectivity index (χ4n) is 3.33. The molecule has 21 heavy (non-hydrogen) atoms. The lowest BCUT2D eigenvalue weighted by molar-refractivity contribution is 0.396. The summed E-state index contributed by atoms with van der Waals surface area (Å²) in [5.41, 5.74) is 10.1. The molecule has 2 aromatic rings. The van der Waals surface area contributed by atoms with Gasteiger partial charge in [-0.25, -0.2) is 0 Å². The van der Waals surface area contributed by atoms with Crippen LogP contribution in [0.3, 0.4) is 0 Å². The summed E-state index contributed by atoms with van der Waals surface area (Å²) in [6.07, 6.45) is 1.28. The smallest absolute Gasteiger partial charge is 0.0727 e. The first-order valence-electron chi connectivity index (χ1n) is 7.59. The van der Waals surface area contributed by atoms with Crippen LogP contribution in [-0.2, 0) is 0 Å². The van der Waals surface area contributed by atoms with Gasteiger partial charge in [0.1, 0.15) is 0 Å². The van der Waals surface area contributed by atoms with Gasteiger partial charge in [-0.3, -0.25) is 4.98 Å². The minimum atomic E-state index is 0.740. The summed E-state index contributed by atoms with van der Waals surface area (Å²) in [4.78, 5) is 9.38. The fraction of sp³-hybridized carbons (Fsp3) is 0.471. The standard InChI is InChI=1S/C17H24N4/c1-12-8-17(15-9-14(18)4-5-16(15)19-12)21(3)11-13-6-7-20(2)10-13/h4-5,8-9,13H,6-7,10-11,18H2,1-3H3. The molecule has 1 aliphatic rings. The zero-order valence-electron chi connectivity index (χ0n) is 13.1. The number of nitrogen functional groups attached to an aromatic ring is 1. The van der Waals surface area contributed by atoms with Crippen molar-refractivity contribution >= 4 is 22.3 Å². The fourth-order valence-corrected chi connectivity index (χ4v) is 3.33. The quantitative estimate of drug-likeness (QED) is 0.880. The molecule has 1 saturated heterocycles. The van der Waals surface area contributed by atoms with E-state index in [4.69, 9.17) is 5.73 Å². The molecule has 112 valence electrons. The number of hydrogen-bond donors (Lipinski definition) is 1. The Hall–Kier alpha value is -1.81. The predicted molar refractivity (Wildman–Crippen MR) is 89.8 cm³/mol. The summed E-state index contributed by atoms with van der Waals surface area (Å²) in [5.74, 6) is 0.740. The molecular weight excluding hydrogens is 260 g/mol. The number of aryl methyl sites for hydroxylation is 1. The van der Waals surface area contributed by atoms with Crippen LogP contribution in [0.15, 0.2) is 24.3 Å². The highest BCUT2D eigenvalue weighted by atomic mass is 15.2. The van der Waals surface area contributed by atoms with Crippen LogP contribution in [0.2, 0.25) is 0 Å². The molecule has 0 aliphatic carbocycles. The van der Waals surface area contributed by atoms with Crippen molar-refractivity contribution in [2.75, 3.05) is 44.4 Å². The minimum absolute atomic E-state index is 0.740. The van der Waals surface area contributed by atoms with Gasteiger partial charge in [-0.2, -0.15) is 0 Å². The predicted octanol–water partition coefficient (Wildman–Crippen LogP) is 2.51. The number of nitrogens with zero attached hydrogens (tertiary/aromatic N) is 3. The summed E-state index contributed by atoms with van der Waals surface area (Å²) < 4.78 is 0. The van der Waals surface area contributed by atoms with Crippen LogP contribution < -0.4 is 10.6 Å². The second kappa shape index (κ2) is 5.53. The average Bonchev–Trinajstić information content (AvgIpc) is 2.83. The molecule has 2 heterocycles. The normalized spacial score (nSPS) is 19.3. The topological polar surface area (TPSA) is 45.4 Å². The Kier molecular flexibility index (Phi) is 3.72. The maximum absolute atomic E-state index is 5.96. The first kappa shape index (κ1) is 14.1. The van der Waals surface area contributed by atoms with E-state index in [2.05, 4.69) is 41.9 Å². The van der Waals surface area contributed by atoms with Crippen LogP contribution in [0.1, 0.15) is 12.1 Å². The molecule has 1 aromatic heterocycles. The number of anilines is 2. The van der Waals surface area contributed by atoms with E-state index < -0.39 is 0 Å². The Morgan fingerprint density at radius 3 is 2.90 bits per heavy atom. The zero-order chi connectivity index (χ0) is 15.0. The first-order valence-corrected chi connectivity index (χ1v) is 7.59. The lowest BCUT2D eigenvalue weighted by Gasteiger charge is -2.25. The number of nitrogens with two attached hydrogens (primary N) is 1. The highest BCUT2D eigenvalue weighted by Crippen LogP contribution is 2.29.